The number of hydrogen-bond acceptors (Lipinski definition) is 0. The zero-order valence-electron chi connectivity index (χ0n) is 9.14. The average molecular weight is 179 g/mol. The van der Waals surface area contributed by atoms with Gasteiger partial charge in [-0.2, -0.15) is 0 Å². The molecule has 1 heteroatoms. The highest BCUT2D eigenvalue weighted by atomic mass is 15.0. The molecule has 0 saturated carbocycles. The Morgan fingerprint density at radius 2 is 2.00 bits per heavy atom. The van der Waals surface area contributed by atoms with Gasteiger partial charge in [0.25, 0.3) is 0 Å². The Kier molecular flexibility index (Phi) is 4.07. The SMILES string of the molecule is CCCCn1ccc(CCC)c1C. The molecule has 0 aliphatic rings. The lowest BCUT2D eigenvalue weighted by Gasteiger charge is -2.05. The molecule has 1 aromatic heterocycles. The van der Waals surface area contributed by atoms with Gasteiger partial charge in [0.1, 0.15) is 0 Å². The fourth-order valence-corrected chi connectivity index (χ4v) is 1.70. The molecule has 1 aromatic rings. The van der Waals surface area contributed by atoms with Gasteiger partial charge in [0.15, 0.2) is 0 Å². The van der Waals surface area contributed by atoms with Crippen LogP contribution in [0.15, 0.2) is 12.3 Å². The van der Waals surface area contributed by atoms with Crippen molar-refractivity contribution in [2.24, 2.45) is 0 Å². The predicted molar refractivity (Wildman–Crippen MR) is 58.1 cm³/mol. The van der Waals surface area contributed by atoms with Crippen LogP contribution >= 0.6 is 0 Å². The minimum Gasteiger partial charge on any atom is -0.351 e. The first kappa shape index (κ1) is 10.4. The number of hydrogen-bond donors (Lipinski definition) is 0. The molecule has 0 amide bonds. The van der Waals surface area contributed by atoms with Gasteiger partial charge in [0.2, 0.25) is 0 Å². The average Bonchev–Trinajstić information content (AvgIpc) is 2.46. The maximum absolute atomic E-state index is 2.38. The summed E-state index contributed by atoms with van der Waals surface area (Å²) in [7, 11) is 0. The number of aryl methyl sites for hydroxylation is 2. The Labute approximate surface area is 81.8 Å². The van der Waals surface area contributed by atoms with Gasteiger partial charge in [-0.3, -0.25) is 0 Å². The molecule has 1 rings (SSSR count). The van der Waals surface area contributed by atoms with Crippen molar-refractivity contribution in [2.75, 3.05) is 0 Å². The van der Waals surface area contributed by atoms with E-state index in [1.54, 1.807) is 0 Å². The van der Waals surface area contributed by atoms with Crippen molar-refractivity contribution in [3.63, 3.8) is 0 Å². The lowest BCUT2D eigenvalue weighted by molar-refractivity contribution is 0.619. The van der Waals surface area contributed by atoms with Crippen LogP contribution in [-0.2, 0) is 13.0 Å². The minimum absolute atomic E-state index is 1.19. The van der Waals surface area contributed by atoms with E-state index < -0.39 is 0 Å². The lowest BCUT2D eigenvalue weighted by atomic mass is 10.1. The zero-order chi connectivity index (χ0) is 9.68. The van der Waals surface area contributed by atoms with Crippen molar-refractivity contribution >= 4 is 0 Å². The van der Waals surface area contributed by atoms with Crippen LogP contribution in [-0.4, -0.2) is 4.57 Å². The second-order valence-corrected chi connectivity index (χ2v) is 3.72. The van der Waals surface area contributed by atoms with E-state index in [9.17, 15) is 0 Å². The molecule has 0 radical (unpaired) electrons. The van der Waals surface area contributed by atoms with Gasteiger partial charge in [-0.1, -0.05) is 26.7 Å². The van der Waals surface area contributed by atoms with Gasteiger partial charge < -0.3 is 4.57 Å². The highest BCUT2D eigenvalue weighted by molar-refractivity contribution is 5.21. The maximum Gasteiger partial charge on any atom is 0.0222 e. The zero-order valence-corrected chi connectivity index (χ0v) is 9.14. The van der Waals surface area contributed by atoms with Crippen LogP contribution in [0.1, 0.15) is 44.4 Å². The van der Waals surface area contributed by atoms with Gasteiger partial charge in [-0.15, -0.1) is 0 Å². The van der Waals surface area contributed by atoms with Gasteiger partial charge >= 0.3 is 0 Å². The normalized spacial score (nSPS) is 10.7. The van der Waals surface area contributed by atoms with E-state index in [1.165, 1.54) is 43.5 Å². The summed E-state index contributed by atoms with van der Waals surface area (Å²) in [6, 6.07) is 2.27. The highest BCUT2D eigenvalue weighted by Crippen LogP contribution is 2.12. The monoisotopic (exact) mass is 179 g/mol. The quantitative estimate of drug-likeness (QED) is 0.651. The summed E-state index contributed by atoms with van der Waals surface area (Å²) >= 11 is 0. The molecular formula is C12H21N. The van der Waals surface area contributed by atoms with Crippen LogP contribution < -0.4 is 0 Å². The smallest absolute Gasteiger partial charge is 0.0222 e. The van der Waals surface area contributed by atoms with E-state index in [2.05, 4.69) is 37.6 Å². The molecule has 1 heterocycles. The molecule has 0 aliphatic carbocycles. The third-order valence-corrected chi connectivity index (χ3v) is 2.62. The summed E-state index contributed by atoms with van der Waals surface area (Å²) in [6.45, 7) is 7.90. The van der Waals surface area contributed by atoms with Gasteiger partial charge in [-0.25, -0.2) is 0 Å². The number of rotatable bonds is 5. The molecule has 13 heavy (non-hydrogen) atoms. The van der Waals surface area contributed by atoms with Crippen molar-refractivity contribution in [3.8, 4) is 0 Å². The lowest BCUT2D eigenvalue weighted by Crippen LogP contribution is -1.99. The molecule has 0 spiro atoms. The van der Waals surface area contributed by atoms with Gasteiger partial charge in [0, 0.05) is 18.4 Å². The summed E-state index contributed by atoms with van der Waals surface area (Å²) in [6.07, 6.45) is 7.28. The van der Waals surface area contributed by atoms with Crippen molar-refractivity contribution in [1.82, 2.24) is 4.57 Å². The standard InChI is InChI=1S/C12H21N/c1-4-6-9-13-10-8-12(7-5-2)11(13)3/h8,10H,4-7,9H2,1-3H3. The number of aromatic nitrogens is 1. The van der Waals surface area contributed by atoms with Crippen LogP contribution in [0.2, 0.25) is 0 Å². The molecule has 0 bridgehead atoms. The first-order valence-electron chi connectivity index (χ1n) is 5.44. The Bertz CT molecular complexity index is 248. The van der Waals surface area contributed by atoms with Gasteiger partial charge in [-0.05, 0) is 31.4 Å². The minimum atomic E-state index is 1.19. The first-order valence-corrected chi connectivity index (χ1v) is 5.44. The molecule has 74 valence electrons. The largest absolute Gasteiger partial charge is 0.351 e. The Morgan fingerprint density at radius 1 is 1.23 bits per heavy atom. The van der Waals surface area contributed by atoms with Crippen LogP contribution in [0.4, 0.5) is 0 Å². The topological polar surface area (TPSA) is 4.93 Å². The van der Waals surface area contributed by atoms with E-state index in [0.29, 0.717) is 0 Å². The third-order valence-electron chi connectivity index (χ3n) is 2.62. The molecule has 0 unspecified atom stereocenters. The van der Waals surface area contributed by atoms with Crippen molar-refractivity contribution in [3.05, 3.63) is 23.5 Å². The Morgan fingerprint density at radius 3 is 2.62 bits per heavy atom. The van der Waals surface area contributed by atoms with Crippen molar-refractivity contribution < 1.29 is 0 Å². The highest BCUT2D eigenvalue weighted by Gasteiger charge is 2.02. The van der Waals surface area contributed by atoms with E-state index in [1.807, 2.05) is 0 Å². The molecule has 0 atom stereocenters. The summed E-state index contributed by atoms with van der Waals surface area (Å²) in [5.41, 5.74) is 2.99. The fraction of sp³-hybridized carbons (Fsp3) is 0.667. The van der Waals surface area contributed by atoms with Crippen LogP contribution in [0.3, 0.4) is 0 Å². The maximum atomic E-state index is 2.38. The molecule has 0 aromatic carbocycles. The molecule has 1 nitrogen and oxygen atoms in total. The molecule has 0 aliphatic heterocycles. The van der Waals surface area contributed by atoms with Crippen LogP contribution in [0.5, 0.6) is 0 Å². The van der Waals surface area contributed by atoms with E-state index >= 15 is 0 Å². The fourth-order valence-electron chi connectivity index (χ4n) is 1.70. The molecule has 0 fully saturated rings. The third kappa shape index (κ3) is 2.61. The van der Waals surface area contributed by atoms with Crippen LogP contribution in [0, 0.1) is 6.92 Å². The number of unbranched alkanes of at least 4 members (excludes halogenated alkanes) is 1. The number of nitrogens with zero attached hydrogens (tertiary/aromatic N) is 1. The van der Waals surface area contributed by atoms with E-state index in [-0.39, 0.29) is 0 Å². The van der Waals surface area contributed by atoms with Gasteiger partial charge in [0.05, 0.1) is 0 Å². The molecule has 0 N–H and O–H groups in total. The second kappa shape index (κ2) is 5.11. The first-order chi connectivity index (χ1) is 6.29. The Hall–Kier alpha value is -0.720. The molecular weight excluding hydrogens is 158 g/mol. The summed E-state index contributed by atoms with van der Waals surface area (Å²) < 4.78 is 2.38. The van der Waals surface area contributed by atoms with E-state index in [0.717, 1.165) is 0 Å². The summed E-state index contributed by atoms with van der Waals surface area (Å²) in [5.74, 6) is 0. The predicted octanol–water partition coefficient (Wildman–Crippen LogP) is 3.55. The van der Waals surface area contributed by atoms with Crippen LogP contribution in [0.25, 0.3) is 0 Å². The van der Waals surface area contributed by atoms with E-state index in [4.69, 9.17) is 0 Å². The summed E-state index contributed by atoms with van der Waals surface area (Å²) in [4.78, 5) is 0. The van der Waals surface area contributed by atoms with Crippen molar-refractivity contribution in [2.45, 2.75) is 53.0 Å². The Balaban J connectivity index is 2.62. The van der Waals surface area contributed by atoms with Crippen molar-refractivity contribution in [1.29, 1.82) is 0 Å². The second-order valence-electron chi connectivity index (χ2n) is 3.72. The summed E-state index contributed by atoms with van der Waals surface area (Å²) in [5, 5.41) is 0. The molecule has 0 saturated heterocycles.